The second kappa shape index (κ2) is 34.2. The van der Waals surface area contributed by atoms with Crippen molar-refractivity contribution in [2.24, 2.45) is 0 Å². The number of aldehydes is 1. The van der Waals surface area contributed by atoms with E-state index in [0.29, 0.717) is 42.6 Å². The molecule has 0 aromatic heterocycles. The Bertz CT molecular complexity index is 760. The van der Waals surface area contributed by atoms with Crippen LogP contribution in [0.25, 0.3) is 0 Å². The molecule has 0 spiro atoms. The highest BCUT2D eigenvalue weighted by atomic mass is 16.5. The van der Waals surface area contributed by atoms with Gasteiger partial charge in [0, 0.05) is 5.56 Å². The molecule has 1 aromatic carbocycles. The molecule has 0 saturated heterocycles. The van der Waals surface area contributed by atoms with Gasteiger partial charge in [-0.3, -0.25) is 4.79 Å². The number of benzene rings is 1. The van der Waals surface area contributed by atoms with E-state index >= 15 is 0 Å². The van der Waals surface area contributed by atoms with Crippen molar-refractivity contribution in [2.45, 2.75) is 213 Å². The lowest BCUT2D eigenvalue weighted by atomic mass is 10.1. The van der Waals surface area contributed by atoms with Gasteiger partial charge in [0.25, 0.3) is 0 Å². The maximum Gasteiger partial charge on any atom is 0.203 e. The van der Waals surface area contributed by atoms with Crippen molar-refractivity contribution in [3.8, 4) is 17.2 Å². The molecule has 0 aliphatic rings. The number of unbranched alkanes of at least 4 members (excludes halogenated alkanes) is 27. The minimum Gasteiger partial charge on any atom is -0.490 e. The molecule has 1 aromatic rings. The highest BCUT2D eigenvalue weighted by molar-refractivity contribution is 5.78. The third-order valence-electron chi connectivity index (χ3n) is 9.43. The Morgan fingerprint density at radius 1 is 0.383 bits per heavy atom. The lowest BCUT2D eigenvalue weighted by Crippen LogP contribution is -2.07. The Labute approximate surface area is 292 Å². The Kier molecular flexibility index (Phi) is 31.5. The molecule has 0 heterocycles. The molecule has 0 aliphatic carbocycles. The van der Waals surface area contributed by atoms with Crippen molar-refractivity contribution in [1.82, 2.24) is 0 Å². The quantitative estimate of drug-likeness (QED) is 0.0527. The van der Waals surface area contributed by atoms with Crippen LogP contribution in [0.1, 0.15) is 224 Å². The molecule has 274 valence electrons. The van der Waals surface area contributed by atoms with Gasteiger partial charge < -0.3 is 14.2 Å². The Balaban J connectivity index is 2.54. The van der Waals surface area contributed by atoms with E-state index in [1.54, 1.807) is 0 Å². The summed E-state index contributed by atoms with van der Waals surface area (Å²) < 4.78 is 18.9. The first kappa shape index (κ1) is 43.3. The minimum atomic E-state index is 0.590. The molecule has 0 radical (unpaired) electrons. The van der Waals surface area contributed by atoms with Crippen molar-refractivity contribution in [1.29, 1.82) is 0 Å². The summed E-state index contributed by atoms with van der Waals surface area (Å²) in [6.45, 7) is 8.77. The van der Waals surface area contributed by atoms with Crippen LogP contribution >= 0.6 is 0 Å². The van der Waals surface area contributed by atoms with Crippen LogP contribution in [0.3, 0.4) is 0 Å². The maximum absolute atomic E-state index is 11.8. The van der Waals surface area contributed by atoms with E-state index in [-0.39, 0.29) is 0 Å². The Morgan fingerprint density at radius 3 is 0.915 bits per heavy atom. The first-order chi connectivity index (χ1) is 23.3. The predicted molar refractivity (Wildman–Crippen MR) is 204 cm³/mol. The van der Waals surface area contributed by atoms with E-state index in [9.17, 15) is 4.79 Å². The summed E-state index contributed by atoms with van der Waals surface area (Å²) in [5, 5.41) is 0. The second-order valence-electron chi connectivity index (χ2n) is 14.1. The Morgan fingerprint density at radius 2 is 0.638 bits per heavy atom. The van der Waals surface area contributed by atoms with Gasteiger partial charge in [0.2, 0.25) is 5.75 Å². The fourth-order valence-electron chi connectivity index (χ4n) is 6.33. The summed E-state index contributed by atoms with van der Waals surface area (Å²) in [5.41, 5.74) is 0.590. The summed E-state index contributed by atoms with van der Waals surface area (Å²) in [6.07, 6.45) is 39.8. The van der Waals surface area contributed by atoms with Crippen LogP contribution in [0.5, 0.6) is 17.2 Å². The zero-order valence-corrected chi connectivity index (χ0v) is 31.7. The number of rotatable bonds is 37. The number of ether oxygens (including phenoxy) is 3. The zero-order chi connectivity index (χ0) is 33.9. The smallest absolute Gasteiger partial charge is 0.203 e. The second-order valence-corrected chi connectivity index (χ2v) is 14.1. The van der Waals surface area contributed by atoms with Gasteiger partial charge in [-0.05, 0) is 31.4 Å². The molecule has 0 amide bonds. The summed E-state index contributed by atoms with van der Waals surface area (Å²) in [5.74, 6) is 2.01. The van der Waals surface area contributed by atoms with Crippen LogP contribution in [0.4, 0.5) is 0 Å². The van der Waals surface area contributed by atoms with E-state index in [0.717, 1.165) is 25.5 Å². The van der Waals surface area contributed by atoms with Crippen LogP contribution in [-0.4, -0.2) is 26.1 Å². The molecule has 0 bridgehead atoms. The molecule has 0 atom stereocenters. The third-order valence-corrected chi connectivity index (χ3v) is 9.43. The Hall–Kier alpha value is -1.71. The number of hydrogen-bond acceptors (Lipinski definition) is 4. The molecule has 4 nitrogen and oxygen atoms in total. The monoisotopic (exact) mass is 659 g/mol. The molecular weight excluding hydrogens is 580 g/mol. The lowest BCUT2D eigenvalue weighted by molar-refractivity contribution is 0.112. The molecule has 4 heteroatoms. The highest BCUT2D eigenvalue weighted by Gasteiger charge is 2.16. The zero-order valence-electron chi connectivity index (χ0n) is 31.7. The lowest BCUT2D eigenvalue weighted by Gasteiger charge is -2.18. The molecule has 0 fully saturated rings. The van der Waals surface area contributed by atoms with E-state index in [4.69, 9.17) is 14.2 Å². The summed E-state index contributed by atoms with van der Waals surface area (Å²) in [6, 6.07) is 3.68. The van der Waals surface area contributed by atoms with E-state index in [1.807, 2.05) is 12.1 Å². The van der Waals surface area contributed by atoms with Gasteiger partial charge in [-0.25, -0.2) is 0 Å². The van der Waals surface area contributed by atoms with Gasteiger partial charge >= 0.3 is 0 Å². The SMILES string of the molecule is CCCCCCCCCCCCOc1cc(C=O)cc(OCCCCCCCCCCCC)c1OCCCCCCCCCCCC. The average molecular weight is 659 g/mol. The normalized spacial score (nSPS) is 11.2. The van der Waals surface area contributed by atoms with Crippen LogP contribution in [0, 0.1) is 0 Å². The van der Waals surface area contributed by atoms with Gasteiger partial charge in [0.05, 0.1) is 19.8 Å². The maximum atomic E-state index is 11.8. The molecule has 1 rings (SSSR count). The van der Waals surface area contributed by atoms with Gasteiger partial charge in [-0.1, -0.05) is 194 Å². The number of carbonyl (C=O) groups is 1. The molecule has 0 N–H and O–H groups in total. The molecule has 0 unspecified atom stereocenters. The molecule has 47 heavy (non-hydrogen) atoms. The number of hydrogen-bond donors (Lipinski definition) is 0. The minimum absolute atomic E-state index is 0.590. The molecule has 0 saturated carbocycles. The fourth-order valence-corrected chi connectivity index (χ4v) is 6.33. The number of carbonyl (C=O) groups excluding carboxylic acids is 1. The largest absolute Gasteiger partial charge is 0.490 e. The van der Waals surface area contributed by atoms with Crippen LogP contribution in [0.2, 0.25) is 0 Å². The topological polar surface area (TPSA) is 44.8 Å². The van der Waals surface area contributed by atoms with Crippen molar-refractivity contribution in [2.75, 3.05) is 19.8 Å². The molecule has 0 aliphatic heterocycles. The third kappa shape index (κ3) is 25.9. The first-order valence-corrected chi connectivity index (χ1v) is 20.8. The van der Waals surface area contributed by atoms with Gasteiger partial charge in [0.1, 0.15) is 6.29 Å². The van der Waals surface area contributed by atoms with Crippen LogP contribution in [0.15, 0.2) is 12.1 Å². The van der Waals surface area contributed by atoms with Crippen LogP contribution < -0.4 is 14.2 Å². The van der Waals surface area contributed by atoms with Gasteiger partial charge in [0.15, 0.2) is 11.5 Å². The highest BCUT2D eigenvalue weighted by Crippen LogP contribution is 2.39. The van der Waals surface area contributed by atoms with Gasteiger partial charge in [-0.15, -0.1) is 0 Å². The fraction of sp³-hybridized carbons (Fsp3) is 0.837. The summed E-state index contributed by atoms with van der Waals surface area (Å²) >= 11 is 0. The van der Waals surface area contributed by atoms with Crippen molar-refractivity contribution in [3.05, 3.63) is 17.7 Å². The van der Waals surface area contributed by atoms with Crippen molar-refractivity contribution >= 4 is 6.29 Å². The van der Waals surface area contributed by atoms with E-state index in [2.05, 4.69) is 20.8 Å². The van der Waals surface area contributed by atoms with Crippen molar-refractivity contribution in [3.63, 3.8) is 0 Å². The average Bonchev–Trinajstić information content (AvgIpc) is 3.09. The molecular formula is C43H78O4. The first-order valence-electron chi connectivity index (χ1n) is 20.8. The summed E-state index contributed by atoms with van der Waals surface area (Å²) in [7, 11) is 0. The van der Waals surface area contributed by atoms with Gasteiger partial charge in [-0.2, -0.15) is 0 Å². The predicted octanol–water partition coefficient (Wildman–Crippen LogP) is 14.4. The summed E-state index contributed by atoms with van der Waals surface area (Å²) in [4.78, 5) is 11.8. The van der Waals surface area contributed by atoms with Crippen molar-refractivity contribution < 1.29 is 19.0 Å². The van der Waals surface area contributed by atoms with E-state index < -0.39 is 0 Å². The van der Waals surface area contributed by atoms with Crippen LogP contribution in [-0.2, 0) is 0 Å². The standard InChI is InChI=1S/C43H78O4/c1-4-7-10-13-16-19-22-25-28-31-34-45-41-37-40(39-44)38-42(46-35-32-29-26-23-20-17-14-11-8-5-2)43(41)47-36-33-30-27-24-21-18-15-12-9-6-3/h37-39H,4-36H2,1-3H3. The van der Waals surface area contributed by atoms with E-state index in [1.165, 1.54) is 173 Å².